The lowest BCUT2D eigenvalue weighted by molar-refractivity contribution is -0.139. The van der Waals surface area contributed by atoms with E-state index >= 15 is 0 Å². The molecule has 140 valence electrons. The summed E-state index contributed by atoms with van der Waals surface area (Å²) < 4.78 is 21.3. The summed E-state index contributed by atoms with van der Waals surface area (Å²) in [7, 11) is 2.82. The number of pyridine rings is 3. The van der Waals surface area contributed by atoms with Gasteiger partial charge in [-0.25, -0.2) is 4.98 Å². The van der Waals surface area contributed by atoms with E-state index in [0.717, 1.165) is 0 Å². The third kappa shape index (κ3) is 4.22. The van der Waals surface area contributed by atoms with E-state index < -0.39 is 5.97 Å². The van der Waals surface area contributed by atoms with Gasteiger partial charge in [-0.2, -0.15) is 0 Å². The van der Waals surface area contributed by atoms with Crippen molar-refractivity contribution in [2.75, 3.05) is 20.8 Å². The molecule has 8 nitrogen and oxygen atoms in total. The molecular formula is C19H19N3O5. The molecule has 0 amide bonds. The van der Waals surface area contributed by atoms with E-state index in [1.807, 2.05) is 6.92 Å². The van der Waals surface area contributed by atoms with Crippen LogP contribution in [0.2, 0.25) is 0 Å². The van der Waals surface area contributed by atoms with Crippen LogP contribution in [0.5, 0.6) is 23.0 Å². The number of rotatable bonds is 7. The number of hydrogen-bond acceptors (Lipinski definition) is 8. The van der Waals surface area contributed by atoms with Crippen molar-refractivity contribution in [1.82, 2.24) is 15.0 Å². The van der Waals surface area contributed by atoms with Crippen LogP contribution in [0.4, 0.5) is 0 Å². The van der Waals surface area contributed by atoms with Crippen LogP contribution in [0.3, 0.4) is 0 Å². The van der Waals surface area contributed by atoms with Gasteiger partial charge in [0.1, 0.15) is 22.8 Å². The molecule has 27 heavy (non-hydrogen) atoms. The zero-order valence-electron chi connectivity index (χ0n) is 15.3. The van der Waals surface area contributed by atoms with E-state index in [4.69, 9.17) is 14.2 Å². The minimum atomic E-state index is -0.399. The predicted octanol–water partition coefficient (Wildman–Crippen LogP) is 2.94. The maximum Gasteiger partial charge on any atom is 0.311 e. The van der Waals surface area contributed by atoms with Gasteiger partial charge >= 0.3 is 5.97 Å². The molecule has 0 fully saturated rings. The quantitative estimate of drug-likeness (QED) is 0.587. The standard InChI is InChI=1S/C19H19N3O5/c1-4-26-12-7-15-19(22-10-12)16(5-6-20-15)27-13-8-17(24-2)14(21-11-13)9-18(23)25-3/h5-8,10-11H,4,9H2,1-3H3. The number of ether oxygens (including phenoxy) is 4. The van der Waals surface area contributed by atoms with Gasteiger partial charge in [0.25, 0.3) is 0 Å². The number of fused-ring (bicyclic) bond motifs is 1. The first-order valence-corrected chi connectivity index (χ1v) is 8.29. The summed E-state index contributed by atoms with van der Waals surface area (Å²) in [5.74, 6) is 1.65. The van der Waals surface area contributed by atoms with Gasteiger partial charge in [0.05, 0.1) is 50.9 Å². The monoisotopic (exact) mass is 369 g/mol. The van der Waals surface area contributed by atoms with E-state index in [2.05, 4.69) is 19.7 Å². The molecule has 3 heterocycles. The topological polar surface area (TPSA) is 92.7 Å². The zero-order valence-corrected chi connectivity index (χ0v) is 15.3. The largest absolute Gasteiger partial charge is 0.495 e. The first-order chi connectivity index (χ1) is 13.1. The Kier molecular flexibility index (Phi) is 5.65. The van der Waals surface area contributed by atoms with Crippen molar-refractivity contribution in [3.63, 3.8) is 0 Å². The summed E-state index contributed by atoms with van der Waals surface area (Å²) in [6.45, 7) is 2.45. The highest BCUT2D eigenvalue weighted by atomic mass is 16.5. The van der Waals surface area contributed by atoms with Crippen LogP contribution in [0.15, 0.2) is 36.8 Å². The molecular weight excluding hydrogens is 350 g/mol. The van der Waals surface area contributed by atoms with Gasteiger partial charge < -0.3 is 18.9 Å². The lowest BCUT2D eigenvalue weighted by Gasteiger charge is -2.11. The van der Waals surface area contributed by atoms with Crippen molar-refractivity contribution in [3.8, 4) is 23.0 Å². The Balaban J connectivity index is 1.89. The molecule has 0 atom stereocenters. The van der Waals surface area contributed by atoms with Crippen LogP contribution >= 0.6 is 0 Å². The second kappa shape index (κ2) is 8.31. The summed E-state index contributed by atoms with van der Waals surface area (Å²) in [5.41, 5.74) is 1.72. The minimum absolute atomic E-state index is 0.0138. The van der Waals surface area contributed by atoms with Gasteiger partial charge in [-0.1, -0.05) is 0 Å². The molecule has 3 rings (SSSR count). The number of carbonyl (C=O) groups excluding carboxylic acids is 1. The SMILES string of the molecule is CCOc1cnc2c(Oc3cnc(CC(=O)OC)c(OC)c3)ccnc2c1. The average Bonchev–Trinajstić information content (AvgIpc) is 2.69. The lowest BCUT2D eigenvalue weighted by Crippen LogP contribution is -2.07. The predicted molar refractivity (Wildman–Crippen MR) is 97.3 cm³/mol. The minimum Gasteiger partial charge on any atom is -0.495 e. The number of esters is 1. The first kappa shape index (κ1) is 18.4. The second-order valence-electron chi connectivity index (χ2n) is 5.46. The molecule has 0 unspecified atom stereocenters. The molecule has 0 bridgehead atoms. The summed E-state index contributed by atoms with van der Waals surface area (Å²) in [5, 5.41) is 0. The molecule has 0 N–H and O–H groups in total. The molecule has 3 aromatic rings. The lowest BCUT2D eigenvalue weighted by atomic mass is 10.2. The highest BCUT2D eigenvalue weighted by molar-refractivity contribution is 5.81. The second-order valence-corrected chi connectivity index (χ2v) is 5.46. The Morgan fingerprint density at radius 3 is 2.59 bits per heavy atom. The molecule has 3 aromatic heterocycles. The fraction of sp³-hybridized carbons (Fsp3) is 0.263. The number of carbonyl (C=O) groups is 1. The Bertz CT molecular complexity index is 961. The van der Waals surface area contributed by atoms with Crippen LogP contribution in [-0.2, 0) is 16.0 Å². The summed E-state index contributed by atoms with van der Waals surface area (Å²) >= 11 is 0. The van der Waals surface area contributed by atoms with Gasteiger partial charge in [0.2, 0.25) is 0 Å². The Hall–Kier alpha value is -3.42. The Morgan fingerprint density at radius 1 is 1.04 bits per heavy atom. The van der Waals surface area contributed by atoms with Crippen LogP contribution in [0.25, 0.3) is 11.0 Å². The van der Waals surface area contributed by atoms with Crippen LogP contribution in [0.1, 0.15) is 12.6 Å². The van der Waals surface area contributed by atoms with Crippen molar-refractivity contribution in [1.29, 1.82) is 0 Å². The van der Waals surface area contributed by atoms with E-state index in [9.17, 15) is 4.79 Å². The molecule has 0 aliphatic carbocycles. The van der Waals surface area contributed by atoms with Crippen LogP contribution in [0, 0.1) is 0 Å². The first-order valence-electron chi connectivity index (χ1n) is 8.29. The van der Waals surface area contributed by atoms with Gasteiger partial charge in [-0.15, -0.1) is 0 Å². The zero-order chi connectivity index (χ0) is 19.2. The molecule has 0 aliphatic heterocycles. The maximum atomic E-state index is 11.5. The Morgan fingerprint density at radius 2 is 1.85 bits per heavy atom. The van der Waals surface area contributed by atoms with Gasteiger partial charge in [0.15, 0.2) is 5.75 Å². The van der Waals surface area contributed by atoms with E-state index in [0.29, 0.717) is 46.3 Å². The number of nitrogens with zero attached hydrogens (tertiary/aromatic N) is 3. The van der Waals surface area contributed by atoms with Crippen molar-refractivity contribution < 1.29 is 23.7 Å². The van der Waals surface area contributed by atoms with Gasteiger partial charge in [-0.05, 0) is 6.92 Å². The molecule has 0 saturated carbocycles. The number of aromatic nitrogens is 3. The van der Waals surface area contributed by atoms with Crippen LogP contribution in [-0.4, -0.2) is 41.7 Å². The Labute approximate surface area is 156 Å². The van der Waals surface area contributed by atoms with Gasteiger partial charge in [0, 0.05) is 24.4 Å². The molecule has 0 radical (unpaired) electrons. The third-order valence-corrected chi connectivity index (χ3v) is 3.72. The van der Waals surface area contributed by atoms with Crippen molar-refractivity contribution in [2.45, 2.75) is 13.3 Å². The van der Waals surface area contributed by atoms with Crippen molar-refractivity contribution in [2.24, 2.45) is 0 Å². The van der Waals surface area contributed by atoms with Crippen molar-refractivity contribution >= 4 is 17.0 Å². The fourth-order valence-electron chi connectivity index (χ4n) is 2.47. The molecule has 8 heteroatoms. The maximum absolute atomic E-state index is 11.5. The van der Waals surface area contributed by atoms with Gasteiger partial charge in [-0.3, -0.25) is 14.8 Å². The highest BCUT2D eigenvalue weighted by Gasteiger charge is 2.13. The highest BCUT2D eigenvalue weighted by Crippen LogP contribution is 2.31. The summed E-state index contributed by atoms with van der Waals surface area (Å²) in [6, 6.07) is 5.17. The molecule has 0 aliphatic rings. The normalized spacial score (nSPS) is 10.5. The van der Waals surface area contributed by atoms with E-state index in [1.165, 1.54) is 20.4 Å². The summed E-state index contributed by atoms with van der Waals surface area (Å²) in [4.78, 5) is 24.4. The van der Waals surface area contributed by atoms with E-state index in [1.54, 1.807) is 30.6 Å². The average molecular weight is 369 g/mol. The molecule has 0 spiro atoms. The number of hydrogen-bond donors (Lipinski definition) is 0. The number of methoxy groups -OCH3 is 2. The summed E-state index contributed by atoms with van der Waals surface area (Å²) in [6.07, 6.45) is 4.78. The molecule has 0 aromatic carbocycles. The molecule has 0 saturated heterocycles. The van der Waals surface area contributed by atoms with E-state index in [-0.39, 0.29) is 6.42 Å². The smallest absolute Gasteiger partial charge is 0.311 e. The van der Waals surface area contributed by atoms with Crippen LogP contribution < -0.4 is 14.2 Å². The third-order valence-electron chi connectivity index (χ3n) is 3.72. The van der Waals surface area contributed by atoms with Crippen molar-refractivity contribution in [3.05, 3.63) is 42.5 Å². The fourth-order valence-corrected chi connectivity index (χ4v) is 2.47.